The van der Waals surface area contributed by atoms with Crippen LogP contribution in [0.4, 0.5) is 17.2 Å². The van der Waals surface area contributed by atoms with Gasteiger partial charge in [0.1, 0.15) is 17.3 Å². The third kappa shape index (κ3) is 5.42. The minimum absolute atomic E-state index is 0.113. The van der Waals surface area contributed by atoms with Crippen LogP contribution in [-0.2, 0) is 0 Å². The van der Waals surface area contributed by atoms with Crippen molar-refractivity contribution in [3.8, 4) is 0 Å². The van der Waals surface area contributed by atoms with Crippen molar-refractivity contribution in [3.63, 3.8) is 0 Å². The van der Waals surface area contributed by atoms with E-state index in [1.54, 1.807) is 6.07 Å². The second-order valence-corrected chi connectivity index (χ2v) is 7.41. The van der Waals surface area contributed by atoms with Crippen molar-refractivity contribution in [2.24, 2.45) is 0 Å². The van der Waals surface area contributed by atoms with Crippen LogP contribution in [0.15, 0.2) is 30.3 Å². The molecule has 0 bridgehead atoms. The Balaban J connectivity index is 1.70. The summed E-state index contributed by atoms with van der Waals surface area (Å²) < 4.78 is 0. The number of hydrogen-bond acceptors (Lipinski definition) is 5. The van der Waals surface area contributed by atoms with Crippen LogP contribution in [0.25, 0.3) is 0 Å². The summed E-state index contributed by atoms with van der Waals surface area (Å²) in [5, 5.41) is 6.42. The molecule has 1 fully saturated rings. The first kappa shape index (κ1) is 19.1. The molecule has 0 radical (unpaired) electrons. The number of aryl methyl sites for hydroxylation is 1. The minimum atomic E-state index is -0.113. The van der Waals surface area contributed by atoms with Gasteiger partial charge in [-0.05, 0) is 44.0 Å². The third-order valence-corrected chi connectivity index (χ3v) is 4.92. The lowest BCUT2D eigenvalue weighted by Crippen LogP contribution is -2.35. The largest absolute Gasteiger partial charge is 0.378 e. The number of aromatic nitrogens is 2. The second-order valence-electron chi connectivity index (χ2n) is 7.41. The van der Waals surface area contributed by atoms with Crippen LogP contribution < -0.4 is 15.5 Å². The van der Waals surface area contributed by atoms with Crippen molar-refractivity contribution in [1.82, 2.24) is 15.3 Å². The third-order valence-electron chi connectivity index (χ3n) is 4.92. The maximum absolute atomic E-state index is 12.7. The Labute approximate surface area is 161 Å². The summed E-state index contributed by atoms with van der Waals surface area (Å²) in [6, 6.07) is 10.0. The predicted molar refractivity (Wildman–Crippen MR) is 110 cm³/mol. The molecule has 2 aromatic rings. The van der Waals surface area contributed by atoms with Gasteiger partial charge in [-0.3, -0.25) is 4.79 Å². The molecule has 0 spiro atoms. The molecule has 1 amide bonds. The molecule has 1 saturated carbocycles. The molecule has 0 unspecified atom stereocenters. The van der Waals surface area contributed by atoms with Crippen molar-refractivity contribution in [2.45, 2.75) is 51.5 Å². The molecule has 27 heavy (non-hydrogen) atoms. The summed E-state index contributed by atoms with van der Waals surface area (Å²) in [5.74, 6) is 1.10. The van der Waals surface area contributed by atoms with Gasteiger partial charge in [0.25, 0.3) is 5.91 Å². The first-order valence-corrected chi connectivity index (χ1v) is 9.72. The van der Waals surface area contributed by atoms with Crippen LogP contribution in [0.5, 0.6) is 0 Å². The summed E-state index contributed by atoms with van der Waals surface area (Å²) in [6.45, 7) is 1.81. The zero-order valence-corrected chi connectivity index (χ0v) is 16.5. The van der Waals surface area contributed by atoms with Gasteiger partial charge in [0.15, 0.2) is 0 Å². The molecule has 144 valence electrons. The highest BCUT2D eigenvalue weighted by molar-refractivity contribution is 5.93. The van der Waals surface area contributed by atoms with Crippen LogP contribution in [0.2, 0.25) is 0 Å². The molecule has 6 nitrogen and oxygen atoms in total. The van der Waals surface area contributed by atoms with E-state index in [1.807, 2.05) is 45.3 Å². The molecular formula is C21H29N5O. The zero-order valence-electron chi connectivity index (χ0n) is 16.5. The average Bonchev–Trinajstić information content (AvgIpc) is 2.90. The Hall–Kier alpha value is -2.63. The van der Waals surface area contributed by atoms with E-state index in [0.29, 0.717) is 17.3 Å². The molecule has 1 heterocycles. The molecule has 1 aliphatic rings. The van der Waals surface area contributed by atoms with Gasteiger partial charge in [0.2, 0.25) is 0 Å². The van der Waals surface area contributed by atoms with Gasteiger partial charge < -0.3 is 15.5 Å². The molecule has 0 atom stereocenters. The van der Waals surface area contributed by atoms with E-state index in [1.165, 1.54) is 25.7 Å². The summed E-state index contributed by atoms with van der Waals surface area (Å²) >= 11 is 0. The fraction of sp³-hybridized carbons (Fsp3) is 0.476. The topological polar surface area (TPSA) is 70.2 Å². The lowest BCUT2D eigenvalue weighted by molar-refractivity contribution is 0.0928. The molecule has 0 aliphatic heterocycles. The van der Waals surface area contributed by atoms with Crippen molar-refractivity contribution < 1.29 is 4.79 Å². The maximum Gasteiger partial charge on any atom is 0.270 e. The number of benzene rings is 1. The fourth-order valence-corrected chi connectivity index (χ4v) is 3.42. The standard InChI is InChI=1S/C21H29N5O/c1-15-22-19(21(27)25-16-8-6-4-5-7-9-16)14-20(23-15)24-17-10-12-18(13-11-17)26(2)3/h10-14,16H,4-9H2,1-3H3,(H,25,27)(H,22,23,24). The Bertz CT molecular complexity index is 765. The van der Waals surface area contributed by atoms with Gasteiger partial charge in [0, 0.05) is 37.6 Å². The van der Waals surface area contributed by atoms with E-state index >= 15 is 0 Å². The van der Waals surface area contributed by atoms with Gasteiger partial charge >= 0.3 is 0 Å². The molecular weight excluding hydrogens is 338 g/mol. The number of carbonyl (C=O) groups excluding carboxylic acids is 1. The highest BCUT2D eigenvalue weighted by Crippen LogP contribution is 2.20. The molecule has 0 saturated heterocycles. The summed E-state index contributed by atoms with van der Waals surface area (Å²) in [6.07, 6.45) is 7.00. The van der Waals surface area contributed by atoms with Gasteiger partial charge in [-0.15, -0.1) is 0 Å². The lowest BCUT2D eigenvalue weighted by Gasteiger charge is -2.16. The highest BCUT2D eigenvalue weighted by atomic mass is 16.1. The van der Waals surface area contributed by atoms with E-state index in [-0.39, 0.29) is 11.9 Å². The van der Waals surface area contributed by atoms with Crippen molar-refractivity contribution in [2.75, 3.05) is 24.3 Å². The van der Waals surface area contributed by atoms with E-state index in [9.17, 15) is 4.79 Å². The normalized spacial score (nSPS) is 15.1. The zero-order chi connectivity index (χ0) is 19.2. The monoisotopic (exact) mass is 367 g/mol. The number of rotatable bonds is 5. The minimum Gasteiger partial charge on any atom is -0.378 e. The number of nitrogens with one attached hydrogen (secondary N) is 2. The van der Waals surface area contributed by atoms with Gasteiger partial charge in [-0.25, -0.2) is 9.97 Å². The molecule has 1 aromatic carbocycles. The van der Waals surface area contributed by atoms with Crippen molar-refractivity contribution in [1.29, 1.82) is 0 Å². The molecule has 1 aliphatic carbocycles. The number of amides is 1. The molecule has 1 aromatic heterocycles. The number of nitrogens with zero attached hydrogens (tertiary/aromatic N) is 3. The molecule has 3 rings (SSSR count). The van der Waals surface area contributed by atoms with E-state index in [4.69, 9.17) is 0 Å². The van der Waals surface area contributed by atoms with Gasteiger partial charge in [-0.2, -0.15) is 0 Å². The Morgan fingerprint density at radius 1 is 1.04 bits per heavy atom. The van der Waals surface area contributed by atoms with Crippen LogP contribution in [0.3, 0.4) is 0 Å². The lowest BCUT2D eigenvalue weighted by atomic mass is 10.1. The molecule has 6 heteroatoms. The van der Waals surface area contributed by atoms with Gasteiger partial charge in [-0.1, -0.05) is 25.7 Å². The van der Waals surface area contributed by atoms with Crippen LogP contribution in [0, 0.1) is 6.92 Å². The van der Waals surface area contributed by atoms with Crippen molar-refractivity contribution in [3.05, 3.63) is 41.9 Å². The fourth-order valence-electron chi connectivity index (χ4n) is 3.42. The first-order valence-electron chi connectivity index (χ1n) is 9.72. The quantitative estimate of drug-likeness (QED) is 0.780. The van der Waals surface area contributed by atoms with E-state index in [2.05, 4.69) is 25.5 Å². The summed E-state index contributed by atoms with van der Waals surface area (Å²) in [4.78, 5) is 23.5. The van der Waals surface area contributed by atoms with Crippen molar-refractivity contribution >= 4 is 23.1 Å². The Morgan fingerprint density at radius 3 is 2.33 bits per heavy atom. The van der Waals surface area contributed by atoms with Gasteiger partial charge in [0.05, 0.1) is 0 Å². The number of hydrogen-bond donors (Lipinski definition) is 2. The summed E-state index contributed by atoms with van der Waals surface area (Å²) in [7, 11) is 4.02. The molecule has 2 N–H and O–H groups in total. The predicted octanol–water partition coefficient (Wildman–Crippen LogP) is 4.05. The smallest absolute Gasteiger partial charge is 0.270 e. The first-order chi connectivity index (χ1) is 13.0. The summed E-state index contributed by atoms with van der Waals surface area (Å²) in [5.41, 5.74) is 2.47. The Morgan fingerprint density at radius 2 is 1.70 bits per heavy atom. The van der Waals surface area contributed by atoms with Crippen LogP contribution in [-0.4, -0.2) is 36.0 Å². The average molecular weight is 367 g/mol. The SMILES string of the molecule is Cc1nc(Nc2ccc(N(C)C)cc2)cc(C(=O)NC2CCCCCC2)n1. The number of carbonyl (C=O) groups is 1. The van der Waals surface area contributed by atoms with E-state index in [0.717, 1.165) is 24.2 Å². The second kappa shape index (κ2) is 8.84. The maximum atomic E-state index is 12.7. The van der Waals surface area contributed by atoms with Crippen LogP contribution in [0.1, 0.15) is 54.8 Å². The Kier molecular flexibility index (Phi) is 6.27. The van der Waals surface area contributed by atoms with Crippen LogP contribution >= 0.6 is 0 Å². The van der Waals surface area contributed by atoms with E-state index < -0.39 is 0 Å². The highest BCUT2D eigenvalue weighted by Gasteiger charge is 2.17. The number of anilines is 3.